The molecule has 1 aliphatic carbocycles. The normalized spacial score (nSPS) is 18.5. The topological polar surface area (TPSA) is 31.4 Å². The van der Waals surface area contributed by atoms with E-state index in [1.807, 2.05) is 29.8 Å². The van der Waals surface area contributed by atoms with Gasteiger partial charge in [-0.1, -0.05) is 45.4 Å². The van der Waals surface area contributed by atoms with Crippen LogP contribution in [0.5, 0.6) is 0 Å². The van der Waals surface area contributed by atoms with Gasteiger partial charge >= 0.3 is 0 Å². The molecule has 0 spiro atoms. The van der Waals surface area contributed by atoms with E-state index in [4.69, 9.17) is 0 Å². The highest BCUT2D eigenvalue weighted by atomic mass is 32.1. The summed E-state index contributed by atoms with van der Waals surface area (Å²) in [5.74, 6) is 1.13. The zero-order valence-corrected chi connectivity index (χ0v) is 19.0. The van der Waals surface area contributed by atoms with E-state index in [1.165, 1.54) is 45.7 Å². The Labute approximate surface area is 184 Å². The summed E-state index contributed by atoms with van der Waals surface area (Å²) in [6, 6.07) is 4.37. The SMILES string of the molecule is C=Cc1cnccc1C1=CN(C)C(=C)c2cc(CN3CCNC3)sc21.CCC1CC1. The first-order valence-corrected chi connectivity index (χ1v) is 11.7. The third kappa shape index (κ3) is 4.59. The summed E-state index contributed by atoms with van der Waals surface area (Å²) in [6.07, 6.45) is 12.2. The van der Waals surface area contributed by atoms with Gasteiger partial charge in [0.15, 0.2) is 0 Å². The molecule has 30 heavy (non-hydrogen) atoms. The number of nitrogens with one attached hydrogen (secondary N) is 1. The van der Waals surface area contributed by atoms with E-state index in [2.05, 4.69) is 65.6 Å². The van der Waals surface area contributed by atoms with Crippen molar-refractivity contribution in [2.45, 2.75) is 32.7 Å². The second-order valence-electron chi connectivity index (χ2n) is 8.29. The van der Waals surface area contributed by atoms with Crippen LogP contribution in [0.1, 0.15) is 52.6 Å². The van der Waals surface area contributed by atoms with Crippen LogP contribution in [0, 0.1) is 5.92 Å². The van der Waals surface area contributed by atoms with Crippen molar-refractivity contribution in [3.05, 3.63) is 70.3 Å². The van der Waals surface area contributed by atoms with Crippen LogP contribution in [-0.2, 0) is 6.54 Å². The standard InChI is InChI=1S/C20H22N4S.C5H10/c1-4-15-10-21-6-5-17(15)19-12-23(3)14(2)18-9-16(25-20(18)19)11-24-8-7-22-13-24;1-2-5-3-4-5/h4-6,9-10,12,22H,1-2,7-8,11,13H2,3H3;5H,2-4H2,1H3. The summed E-state index contributed by atoms with van der Waals surface area (Å²) in [5, 5.41) is 3.40. The Morgan fingerprint density at radius 2 is 2.17 bits per heavy atom. The van der Waals surface area contributed by atoms with Crippen molar-refractivity contribution in [2.24, 2.45) is 5.92 Å². The van der Waals surface area contributed by atoms with Crippen molar-refractivity contribution in [3.63, 3.8) is 0 Å². The molecule has 0 amide bonds. The van der Waals surface area contributed by atoms with Gasteiger partial charge < -0.3 is 10.2 Å². The maximum atomic E-state index is 4.28. The van der Waals surface area contributed by atoms with E-state index >= 15 is 0 Å². The quantitative estimate of drug-likeness (QED) is 0.715. The molecule has 158 valence electrons. The van der Waals surface area contributed by atoms with E-state index in [0.29, 0.717) is 0 Å². The maximum Gasteiger partial charge on any atom is 0.0485 e. The minimum absolute atomic E-state index is 0.969. The Balaban J connectivity index is 0.000000383. The monoisotopic (exact) mass is 420 g/mol. The third-order valence-electron chi connectivity index (χ3n) is 6.04. The van der Waals surface area contributed by atoms with Crippen LogP contribution in [0.2, 0.25) is 0 Å². The number of hydrogen-bond acceptors (Lipinski definition) is 5. The lowest BCUT2D eigenvalue weighted by atomic mass is 9.95. The fraction of sp³-hybridized carbons (Fsp3) is 0.400. The zero-order valence-electron chi connectivity index (χ0n) is 18.2. The molecule has 1 N–H and O–H groups in total. The van der Waals surface area contributed by atoms with Crippen LogP contribution >= 0.6 is 11.3 Å². The molecule has 3 aliphatic rings. The molecular weight excluding hydrogens is 388 g/mol. The summed E-state index contributed by atoms with van der Waals surface area (Å²) in [6.45, 7) is 14.6. The molecule has 0 bridgehead atoms. The lowest BCUT2D eigenvalue weighted by Crippen LogP contribution is -2.20. The van der Waals surface area contributed by atoms with Gasteiger partial charge in [0.1, 0.15) is 0 Å². The number of hydrogen-bond donors (Lipinski definition) is 1. The van der Waals surface area contributed by atoms with Crippen LogP contribution in [0.3, 0.4) is 0 Å². The Morgan fingerprint density at radius 1 is 1.33 bits per heavy atom. The molecule has 2 fully saturated rings. The first kappa shape index (κ1) is 21.0. The van der Waals surface area contributed by atoms with Crippen molar-refractivity contribution >= 4 is 28.7 Å². The van der Waals surface area contributed by atoms with Crippen molar-refractivity contribution < 1.29 is 0 Å². The van der Waals surface area contributed by atoms with Crippen LogP contribution in [0.15, 0.2) is 43.9 Å². The van der Waals surface area contributed by atoms with E-state index in [0.717, 1.165) is 43.5 Å². The molecule has 5 heteroatoms. The maximum absolute atomic E-state index is 4.28. The number of aromatic nitrogens is 1. The molecule has 4 nitrogen and oxygen atoms in total. The number of rotatable bonds is 5. The van der Waals surface area contributed by atoms with E-state index in [1.54, 1.807) is 0 Å². The Hall–Kier alpha value is -2.21. The van der Waals surface area contributed by atoms with Gasteiger partial charge in [0.2, 0.25) is 0 Å². The van der Waals surface area contributed by atoms with Crippen molar-refractivity contribution in [1.82, 2.24) is 20.1 Å². The molecule has 2 aromatic heterocycles. The number of pyridine rings is 1. The second kappa shape index (κ2) is 9.29. The van der Waals surface area contributed by atoms with Crippen molar-refractivity contribution in [2.75, 3.05) is 26.8 Å². The molecule has 0 aromatic carbocycles. The van der Waals surface area contributed by atoms with Gasteiger partial charge in [-0.15, -0.1) is 11.3 Å². The molecular formula is C25H32N4S. The highest BCUT2D eigenvalue weighted by molar-refractivity contribution is 7.13. The van der Waals surface area contributed by atoms with Gasteiger partial charge in [-0.05, 0) is 23.6 Å². The lowest BCUT2D eigenvalue weighted by Gasteiger charge is -2.26. The summed E-state index contributed by atoms with van der Waals surface area (Å²) in [7, 11) is 2.06. The Kier molecular flexibility index (Phi) is 6.52. The Morgan fingerprint density at radius 3 is 2.80 bits per heavy atom. The third-order valence-corrected chi connectivity index (χ3v) is 7.20. The van der Waals surface area contributed by atoms with Gasteiger partial charge in [0.05, 0.1) is 0 Å². The average Bonchev–Trinajstić information content (AvgIpc) is 3.31. The van der Waals surface area contributed by atoms with Gasteiger partial charge in [-0.3, -0.25) is 9.88 Å². The zero-order chi connectivity index (χ0) is 21.1. The molecule has 0 atom stereocenters. The average molecular weight is 421 g/mol. The molecule has 0 radical (unpaired) electrons. The predicted molar refractivity (Wildman–Crippen MR) is 129 cm³/mol. The molecule has 1 saturated heterocycles. The minimum Gasteiger partial charge on any atom is -0.350 e. The van der Waals surface area contributed by atoms with Crippen molar-refractivity contribution in [1.29, 1.82) is 0 Å². The first-order chi connectivity index (χ1) is 14.6. The van der Waals surface area contributed by atoms with E-state index < -0.39 is 0 Å². The predicted octanol–water partition coefficient (Wildman–Crippen LogP) is 5.26. The summed E-state index contributed by atoms with van der Waals surface area (Å²) in [5.41, 5.74) is 5.73. The highest BCUT2D eigenvalue weighted by Crippen LogP contribution is 2.42. The molecule has 1 saturated carbocycles. The minimum atomic E-state index is 0.969. The van der Waals surface area contributed by atoms with Crippen LogP contribution in [-0.4, -0.2) is 41.6 Å². The molecule has 5 rings (SSSR count). The summed E-state index contributed by atoms with van der Waals surface area (Å²) >= 11 is 1.87. The van der Waals surface area contributed by atoms with E-state index in [-0.39, 0.29) is 0 Å². The Bertz CT molecular complexity index is 948. The number of nitrogens with zero attached hydrogens (tertiary/aromatic N) is 3. The molecule has 4 heterocycles. The molecule has 2 aliphatic heterocycles. The van der Waals surface area contributed by atoms with Crippen molar-refractivity contribution in [3.8, 4) is 0 Å². The second-order valence-corrected chi connectivity index (χ2v) is 9.42. The van der Waals surface area contributed by atoms with Crippen LogP contribution in [0.25, 0.3) is 17.3 Å². The lowest BCUT2D eigenvalue weighted by molar-refractivity contribution is 0.330. The fourth-order valence-electron chi connectivity index (χ4n) is 3.90. The van der Waals surface area contributed by atoms with Gasteiger partial charge in [-0.2, -0.15) is 0 Å². The summed E-state index contributed by atoms with van der Waals surface area (Å²) in [4.78, 5) is 11.5. The van der Waals surface area contributed by atoms with Gasteiger partial charge in [0.25, 0.3) is 0 Å². The molecule has 0 unspecified atom stereocenters. The first-order valence-electron chi connectivity index (χ1n) is 10.9. The summed E-state index contributed by atoms with van der Waals surface area (Å²) < 4.78 is 0. The highest BCUT2D eigenvalue weighted by Gasteiger charge is 2.25. The molecule has 2 aromatic rings. The van der Waals surface area contributed by atoms with Crippen LogP contribution in [0.4, 0.5) is 0 Å². The smallest absolute Gasteiger partial charge is 0.0485 e. The van der Waals surface area contributed by atoms with Crippen LogP contribution < -0.4 is 5.32 Å². The number of thiophene rings is 1. The van der Waals surface area contributed by atoms with Gasteiger partial charge in [0, 0.05) is 84.1 Å². The largest absolute Gasteiger partial charge is 0.350 e. The fourth-order valence-corrected chi connectivity index (χ4v) is 5.14. The van der Waals surface area contributed by atoms with E-state index in [9.17, 15) is 0 Å². The van der Waals surface area contributed by atoms with Gasteiger partial charge in [-0.25, -0.2) is 0 Å². The number of fused-ring (bicyclic) bond motifs is 1.